The van der Waals surface area contributed by atoms with Gasteiger partial charge in [-0.3, -0.25) is 14.5 Å². The van der Waals surface area contributed by atoms with E-state index < -0.39 is 11.8 Å². The third-order valence-electron chi connectivity index (χ3n) is 4.72. The SMILES string of the molecule is CNC(=O)N(C)c1ccc(C(=O)Nc2ccc(OC)cc2C(=O)Nc2ccc(Cl)cn2)cc1. The number of carbonyl (C=O) groups is 3. The van der Waals surface area contributed by atoms with E-state index in [1.807, 2.05) is 0 Å². The molecule has 0 saturated carbocycles. The maximum absolute atomic E-state index is 12.9. The Labute approximate surface area is 195 Å². The van der Waals surface area contributed by atoms with Crippen LogP contribution >= 0.6 is 11.6 Å². The number of carbonyl (C=O) groups excluding carboxylic acids is 3. The van der Waals surface area contributed by atoms with Crippen molar-refractivity contribution in [1.82, 2.24) is 10.3 Å². The fourth-order valence-corrected chi connectivity index (χ4v) is 3.01. The van der Waals surface area contributed by atoms with Crippen molar-refractivity contribution in [1.29, 1.82) is 0 Å². The largest absolute Gasteiger partial charge is 0.497 e. The van der Waals surface area contributed by atoms with Crippen LogP contribution in [0, 0.1) is 0 Å². The van der Waals surface area contributed by atoms with Gasteiger partial charge in [0.15, 0.2) is 0 Å². The number of anilines is 3. The molecule has 0 aliphatic rings. The van der Waals surface area contributed by atoms with Gasteiger partial charge >= 0.3 is 6.03 Å². The molecular formula is C23H22ClN5O4. The fourth-order valence-electron chi connectivity index (χ4n) is 2.90. The number of pyridine rings is 1. The molecule has 10 heteroatoms. The van der Waals surface area contributed by atoms with Crippen molar-refractivity contribution in [3.05, 3.63) is 76.9 Å². The van der Waals surface area contributed by atoms with E-state index in [0.29, 0.717) is 33.5 Å². The highest BCUT2D eigenvalue weighted by molar-refractivity contribution is 6.30. The average molecular weight is 468 g/mol. The normalized spacial score (nSPS) is 10.2. The zero-order chi connectivity index (χ0) is 24.0. The second kappa shape index (κ2) is 10.5. The van der Waals surface area contributed by atoms with Gasteiger partial charge in [-0.15, -0.1) is 0 Å². The van der Waals surface area contributed by atoms with Crippen molar-refractivity contribution in [2.24, 2.45) is 0 Å². The van der Waals surface area contributed by atoms with Crippen LogP contribution in [0.4, 0.5) is 22.0 Å². The van der Waals surface area contributed by atoms with Gasteiger partial charge in [0.25, 0.3) is 11.8 Å². The van der Waals surface area contributed by atoms with Crippen molar-refractivity contribution in [2.75, 3.05) is 36.7 Å². The van der Waals surface area contributed by atoms with Gasteiger partial charge in [0, 0.05) is 31.5 Å². The first kappa shape index (κ1) is 23.6. The first-order chi connectivity index (χ1) is 15.8. The van der Waals surface area contributed by atoms with Crippen LogP contribution in [0.3, 0.4) is 0 Å². The van der Waals surface area contributed by atoms with E-state index in [9.17, 15) is 14.4 Å². The van der Waals surface area contributed by atoms with E-state index in [2.05, 4.69) is 20.9 Å². The monoisotopic (exact) mass is 467 g/mol. The molecule has 9 nitrogen and oxygen atoms in total. The third-order valence-corrected chi connectivity index (χ3v) is 4.95. The molecule has 2 aromatic carbocycles. The molecular weight excluding hydrogens is 446 g/mol. The minimum absolute atomic E-state index is 0.190. The maximum Gasteiger partial charge on any atom is 0.321 e. The van der Waals surface area contributed by atoms with Crippen molar-refractivity contribution >= 4 is 46.6 Å². The van der Waals surface area contributed by atoms with Crippen LogP contribution in [-0.4, -0.2) is 44.0 Å². The summed E-state index contributed by atoms with van der Waals surface area (Å²) in [4.78, 5) is 42.9. The minimum atomic E-state index is -0.485. The third kappa shape index (κ3) is 5.78. The van der Waals surface area contributed by atoms with Crippen molar-refractivity contribution in [3.63, 3.8) is 0 Å². The summed E-state index contributed by atoms with van der Waals surface area (Å²) in [5.74, 6) is -0.154. The molecule has 1 heterocycles. The smallest absolute Gasteiger partial charge is 0.321 e. The Morgan fingerprint density at radius 2 is 1.70 bits per heavy atom. The first-order valence-corrected chi connectivity index (χ1v) is 10.2. The molecule has 4 amide bonds. The number of nitrogens with zero attached hydrogens (tertiary/aromatic N) is 2. The Kier molecular flexibility index (Phi) is 7.47. The molecule has 0 fully saturated rings. The van der Waals surface area contributed by atoms with Gasteiger partial charge in [0.1, 0.15) is 11.6 Å². The van der Waals surface area contributed by atoms with Gasteiger partial charge in [-0.2, -0.15) is 0 Å². The molecule has 0 bridgehead atoms. The summed E-state index contributed by atoms with van der Waals surface area (Å²) >= 11 is 5.83. The number of urea groups is 1. The van der Waals surface area contributed by atoms with Crippen molar-refractivity contribution < 1.29 is 19.1 Å². The number of hydrogen-bond acceptors (Lipinski definition) is 5. The number of ether oxygens (including phenoxy) is 1. The molecule has 1 aromatic heterocycles. The molecule has 0 atom stereocenters. The summed E-state index contributed by atoms with van der Waals surface area (Å²) in [6.45, 7) is 0. The van der Waals surface area contributed by atoms with Gasteiger partial charge in [-0.25, -0.2) is 9.78 Å². The Bertz CT molecular complexity index is 1170. The van der Waals surface area contributed by atoms with E-state index in [4.69, 9.17) is 16.3 Å². The number of halogens is 1. The van der Waals surface area contributed by atoms with Gasteiger partial charge in [0.2, 0.25) is 0 Å². The predicted octanol–water partition coefficient (Wildman–Crippen LogP) is 4.02. The van der Waals surface area contributed by atoms with Crippen LogP contribution in [0.2, 0.25) is 5.02 Å². The molecule has 3 N–H and O–H groups in total. The molecule has 3 aromatic rings. The zero-order valence-electron chi connectivity index (χ0n) is 18.2. The summed E-state index contributed by atoms with van der Waals surface area (Å²) in [5, 5.41) is 8.38. The van der Waals surface area contributed by atoms with E-state index >= 15 is 0 Å². The Morgan fingerprint density at radius 1 is 0.970 bits per heavy atom. The van der Waals surface area contributed by atoms with Gasteiger partial charge in [0.05, 0.1) is 23.4 Å². The lowest BCUT2D eigenvalue weighted by atomic mass is 10.1. The van der Waals surface area contributed by atoms with E-state index in [0.717, 1.165) is 0 Å². The lowest BCUT2D eigenvalue weighted by Gasteiger charge is -2.17. The molecule has 170 valence electrons. The summed E-state index contributed by atoms with van der Waals surface area (Å²) in [6, 6.07) is 14.1. The van der Waals surface area contributed by atoms with Crippen LogP contribution in [0.1, 0.15) is 20.7 Å². The van der Waals surface area contributed by atoms with E-state index in [1.165, 1.54) is 31.3 Å². The fraction of sp³-hybridized carbons (Fsp3) is 0.130. The summed E-state index contributed by atoms with van der Waals surface area (Å²) < 4.78 is 5.22. The topological polar surface area (TPSA) is 113 Å². The predicted molar refractivity (Wildman–Crippen MR) is 127 cm³/mol. The van der Waals surface area contributed by atoms with Crippen LogP contribution in [-0.2, 0) is 0 Å². The molecule has 0 aliphatic carbocycles. The molecule has 0 aliphatic heterocycles. The lowest BCUT2D eigenvalue weighted by molar-refractivity contribution is 0.102. The van der Waals surface area contributed by atoms with E-state index in [-0.39, 0.29) is 11.6 Å². The van der Waals surface area contributed by atoms with Gasteiger partial charge < -0.3 is 20.7 Å². The van der Waals surface area contributed by atoms with Gasteiger partial charge in [-0.1, -0.05) is 11.6 Å². The van der Waals surface area contributed by atoms with Crippen molar-refractivity contribution in [2.45, 2.75) is 0 Å². The summed E-state index contributed by atoms with van der Waals surface area (Å²) in [7, 11) is 4.63. The number of amides is 4. The van der Waals surface area contributed by atoms with Crippen LogP contribution in [0.5, 0.6) is 5.75 Å². The van der Waals surface area contributed by atoms with Crippen LogP contribution in [0.15, 0.2) is 60.8 Å². The van der Waals surface area contributed by atoms with Crippen molar-refractivity contribution in [3.8, 4) is 5.75 Å². The summed E-state index contributed by atoms with van der Waals surface area (Å²) in [6.07, 6.45) is 1.41. The van der Waals surface area contributed by atoms with Crippen LogP contribution in [0.25, 0.3) is 0 Å². The standard InChI is InChI=1S/C23H22ClN5O4/c1-25-23(32)29(2)16-7-4-14(5-8-16)21(30)27-19-10-9-17(33-3)12-18(19)22(31)28-20-11-6-15(24)13-26-20/h4-13H,1-3H3,(H,25,32)(H,27,30)(H,26,28,31). The van der Waals surface area contributed by atoms with E-state index in [1.54, 1.807) is 55.6 Å². The highest BCUT2D eigenvalue weighted by atomic mass is 35.5. The van der Waals surface area contributed by atoms with Gasteiger partial charge in [-0.05, 0) is 54.6 Å². The summed E-state index contributed by atoms with van der Waals surface area (Å²) in [5.41, 5.74) is 1.45. The minimum Gasteiger partial charge on any atom is -0.497 e. The highest BCUT2D eigenvalue weighted by Gasteiger charge is 2.17. The number of benzene rings is 2. The molecule has 0 saturated heterocycles. The Hall–Kier alpha value is -4.11. The molecule has 0 unspecified atom stereocenters. The zero-order valence-corrected chi connectivity index (χ0v) is 18.9. The maximum atomic E-state index is 12.9. The Morgan fingerprint density at radius 3 is 2.30 bits per heavy atom. The molecule has 0 radical (unpaired) electrons. The number of nitrogens with one attached hydrogen (secondary N) is 3. The Balaban J connectivity index is 1.81. The van der Waals surface area contributed by atoms with Crippen LogP contribution < -0.4 is 25.6 Å². The lowest BCUT2D eigenvalue weighted by Crippen LogP contribution is -2.34. The molecule has 3 rings (SSSR count). The molecule has 0 spiro atoms. The highest BCUT2D eigenvalue weighted by Crippen LogP contribution is 2.24. The molecule has 33 heavy (non-hydrogen) atoms. The quantitative estimate of drug-likeness (QED) is 0.506. The number of rotatable bonds is 6. The average Bonchev–Trinajstić information content (AvgIpc) is 2.84. The second-order valence-corrected chi connectivity index (χ2v) is 7.28. The number of methoxy groups -OCH3 is 1. The first-order valence-electron chi connectivity index (χ1n) is 9.80. The number of hydrogen-bond donors (Lipinski definition) is 3. The second-order valence-electron chi connectivity index (χ2n) is 6.84. The number of aromatic nitrogens is 1.